The Morgan fingerprint density at radius 2 is 2.16 bits per heavy atom. The van der Waals surface area contributed by atoms with Gasteiger partial charge in [0, 0.05) is 16.8 Å². The van der Waals surface area contributed by atoms with Crippen LogP contribution in [0.4, 0.5) is 0 Å². The summed E-state index contributed by atoms with van der Waals surface area (Å²) in [6, 6.07) is 5.71. The summed E-state index contributed by atoms with van der Waals surface area (Å²) in [6.45, 7) is 1.81. The molecule has 1 atom stereocenters. The Hall–Kier alpha value is -2.21. The molecular formula is C13H12N2O3S. The summed E-state index contributed by atoms with van der Waals surface area (Å²) in [6.07, 6.45) is 1.43. The van der Waals surface area contributed by atoms with Crippen LogP contribution >= 0.6 is 11.3 Å². The fourth-order valence-electron chi connectivity index (χ4n) is 1.53. The highest BCUT2D eigenvalue weighted by atomic mass is 32.1. The zero-order valence-electron chi connectivity index (χ0n) is 10.2. The Kier molecular flexibility index (Phi) is 3.91. The molecule has 0 aromatic carbocycles. The quantitative estimate of drug-likeness (QED) is 0.895. The zero-order chi connectivity index (χ0) is 13.8. The van der Waals surface area contributed by atoms with Gasteiger partial charge in [-0.3, -0.25) is 9.78 Å². The Morgan fingerprint density at radius 3 is 2.68 bits per heavy atom. The molecular weight excluding hydrogens is 264 g/mol. The molecule has 6 heteroatoms. The number of hydrogen-bond donors (Lipinski definition) is 2. The van der Waals surface area contributed by atoms with Crippen molar-refractivity contribution in [3.05, 3.63) is 52.0 Å². The average Bonchev–Trinajstić information content (AvgIpc) is 2.89. The second kappa shape index (κ2) is 5.62. The minimum absolute atomic E-state index is 0.341. The molecule has 2 aromatic heterocycles. The Bertz CT molecular complexity index is 578. The highest BCUT2D eigenvalue weighted by molar-refractivity contribution is 7.10. The number of thiophene rings is 1. The van der Waals surface area contributed by atoms with Crippen LogP contribution in [-0.4, -0.2) is 22.0 Å². The molecule has 2 rings (SSSR count). The van der Waals surface area contributed by atoms with Gasteiger partial charge in [0.15, 0.2) is 6.04 Å². The van der Waals surface area contributed by atoms with Gasteiger partial charge in [-0.1, -0.05) is 6.07 Å². The maximum atomic E-state index is 12.0. The highest BCUT2D eigenvalue weighted by Crippen LogP contribution is 2.19. The summed E-state index contributed by atoms with van der Waals surface area (Å²) >= 11 is 1.29. The predicted octanol–water partition coefficient (Wildman–Crippen LogP) is 2.01. The maximum absolute atomic E-state index is 12.0. The van der Waals surface area contributed by atoms with Gasteiger partial charge < -0.3 is 10.4 Å². The van der Waals surface area contributed by atoms with Gasteiger partial charge >= 0.3 is 5.97 Å². The van der Waals surface area contributed by atoms with Crippen LogP contribution in [0.25, 0.3) is 0 Å². The van der Waals surface area contributed by atoms with E-state index in [0.29, 0.717) is 10.4 Å². The number of aliphatic carboxylic acids is 1. The molecule has 0 aliphatic carbocycles. The number of rotatable bonds is 4. The van der Waals surface area contributed by atoms with Crippen molar-refractivity contribution in [2.24, 2.45) is 0 Å². The van der Waals surface area contributed by atoms with E-state index in [1.54, 1.807) is 29.6 Å². The number of nitrogens with zero attached hydrogens (tertiary/aromatic N) is 1. The molecule has 0 saturated heterocycles. The summed E-state index contributed by atoms with van der Waals surface area (Å²) in [5, 5.41) is 13.4. The molecule has 1 amide bonds. The molecule has 2 N–H and O–H groups in total. The molecule has 0 fully saturated rings. The van der Waals surface area contributed by atoms with Crippen LogP contribution in [0, 0.1) is 6.92 Å². The normalized spacial score (nSPS) is 11.8. The summed E-state index contributed by atoms with van der Waals surface area (Å²) in [4.78, 5) is 27.7. The molecule has 2 heterocycles. The van der Waals surface area contributed by atoms with E-state index in [9.17, 15) is 9.59 Å². The van der Waals surface area contributed by atoms with Gasteiger partial charge in [0.25, 0.3) is 5.91 Å². The lowest BCUT2D eigenvalue weighted by atomic mass is 10.2. The smallest absolute Gasteiger partial charge is 0.331 e. The van der Waals surface area contributed by atoms with Gasteiger partial charge in [0.1, 0.15) is 0 Å². The third kappa shape index (κ3) is 3.17. The molecule has 0 saturated carbocycles. The van der Waals surface area contributed by atoms with Crippen molar-refractivity contribution in [3.63, 3.8) is 0 Å². The summed E-state index contributed by atoms with van der Waals surface area (Å²) in [7, 11) is 0. The van der Waals surface area contributed by atoms with Crippen LogP contribution in [0.2, 0.25) is 0 Å². The van der Waals surface area contributed by atoms with Crippen molar-refractivity contribution in [3.8, 4) is 0 Å². The fourth-order valence-corrected chi connectivity index (χ4v) is 2.29. The summed E-state index contributed by atoms with van der Waals surface area (Å²) in [5.41, 5.74) is 1.14. The minimum Gasteiger partial charge on any atom is -0.479 e. The lowest BCUT2D eigenvalue weighted by Crippen LogP contribution is -2.33. The van der Waals surface area contributed by atoms with E-state index >= 15 is 0 Å². The highest BCUT2D eigenvalue weighted by Gasteiger charge is 2.23. The SMILES string of the molecule is Cc1ccc(C(=O)NC(C(=O)O)c2cccs2)cn1. The molecule has 98 valence electrons. The van der Waals surface area contributed by atoms with Gasteiger partial charge in [0.2, 0.25) is 0 Å². The number of nitrogens with one attached hydrogen (secondary N) is 1. The van der Waals surface area contributed by atoms with Crippen LogP contribution in [0.15, 0.2) is 35.8 Å². The molecule has 0 aliphatic heterocycles. The van der Waals surface area contributed by atoms with Crippen LogP contribution < -0.4 is 5.32 Å². The number of carbonyl (C=O) groups excluding carboxylic acids is 1. The number of carboxylic acid groups (broad SMARTS) is 1. The van der Waals surface area contributed by atoms with Gasteiger partial charge in [-0.2, -0.15) is 0 Å². The predicted molar refractivity (Wildman–Crippen MR) is 71.1 cm³/mol. The van der Waals surface area contributed by atoms with Crippen molar-refractivity contribution in [2.45, 2.75) is 13.0 Å². The number of hydrogen-bond acceptors (Lipinski definition) is 4. The van der Waals surface area contributed by atoms with Crippen molar-refractivity contribution in [1.29, 1.82) is 0 Å². The van der Waals surface area contributed by atoms with Crippen molar-refractivity contribution in [1.82, 2.24) is 10.3 Å². The second-order valence-corrected chi connectivity index (χ2v) is 4.93. The van der Waals surface area contributed by atoms with E-state index in [1.165, 1.54) is 17.5 Å². The molecule has 0 radical (unpaired) electrons. The first-order valence-electron chi connectivity index (χ1n) is 5.57. The van der Waals surface area contributed by atoms with Crippen molar-refractivity contribution >= 4 is 23.2 Å². The monoisotopic (exact) mass is 276 g/mol. The molecule has 0 spiro atoms. The first-order chi connectivity index (χ1) is 9.08. The molecule has 1 unspecified atom stereocenters. The number of carbonyl (C=O) groups is 2. The fraction of sp³-hybridized carbons (Fsp3) is 0.154. The van der Waals surface area contributed by atoms with E-state index in [4.69, 9.17) is 5.11 Å². The van der Waals surface area contributed by atoms with Crippen LogP contribution in [0.5, 0.6) is 0 Å². The first-order valence-corrected chi connectivity index (χ1v) is 6.45. The Labute approximate surface area is 113 Å². The number of carboxylic acids is 1. The van der Waals surface area contributed by atoms with Gasteiger partial charge in [-0.25, -0.2) is 4.79 Å². The zero-order valence-corrected chi connectivity index (χ0v) is 11.0. The third-order valence-corrected chi connectivity index (χ3v) is 3.46. The van der Waals surface area contributed by atoms with Crippen LogP contribution in [0.3, 0.4) is 0 Å². The second-order valence-electron chi connectivity index (χ2n) is 3.95. The maximum Gasteiger partial charge on any atom is 0.331 e. The lowest BCUT2D eigenvalue weighted by Gasteiger charge is -2.12. The average molecular weight is 276 g/mol. The lowest BCUT2D eigenvalue weighted by molar-refractivity contribution is -0.139. The number of pyridine rings is 1. The van der Waals surface area contributed by atoms with E-state index < -0.39 is 17.9 Å². The molecule has 2 aromatic rings. The van der Waals surface area contributed by atoms with Crippen molar-refractivity contribution < 1.29 is 14.7 Å². The van der Waals surface area contributed by atoms with Crippen molar-refractivity contribution in [2.75, 3.05) is 0 Å². The van der Waals surface area contributed by atoms with Crippen LogP contribution in [0.1, 0.15) is 27.0 Å². The molecule has 0 bridgehead atoms. The molecule has 19 heavy (non-hydrogen) atoms. The van der Waals surface area contributed by atoms with Gasteiger partial charge in [0.05, 0.1) is 5.56 Å². The standard InChI is InChI=1S/C13H12N2O3S/c1-8-4-5-9(7-14-8)12(16)15-11(13(17)18)10-3-2-6-19-10/h2-7,11H,1H3,(H,15,16)(H,17,18). The topological polar surface area (TPSA) is 79.3 Å². The Balaban J connectivity index is 2.16. The number of aryl methyl sites for hydroxylation is 1. The molecule has 5 nitrogen and oxygen atoms in total. The van der Waals surface area contributed by atoms with E-state index in [2.05, 4.69) is 10.3 Å². The number of aromatic nitrogens is 1. The van der Waals surface area contributed by atoms with Gasteiger partial charge in [-0.15, -0.1) is 11.3 Å². The van der Waals surface area contributed by atoms with Gasteiger partial charge in [-0.05, 0) is 30.5 Å². The Morgan fingerprint density at radius 1 is 1.37 bits per heavy atom. The minimum atomic E-state index is -1.09. The van der Waals surface area contributed by atoms with E-state index in [0.717, 1.165) is 5.69 Å². The van der Waals surface area contributed by atoms with E-state index in [1.807, 2.05) is 6.92 Å². The first kappa shape index (κ1) is 13.2. The summed E-state index contributed by atoms with van der Waals surface area (Å²) < 4.78 is 0. The van der Waals surface area contributed by atoms with E-state index in [-0.39, 0.29) is 0 Å². The summed E-state index contributed by atoms with van der Waals surface area (Å²) in [5.74, 6) is -1.54. The number of amides is 1. The largest absolute Gasteiger partial charge is 0.479 e. The van der Waals surface area contributed by atoms with Crippen LogP contribution in [-0.2, 0) is 4.79 Å². The molecule has 0 aliphatic rings. The third-order valence-electron chi connectivity index (χ3n) is 2.52.